The molecule has 1 unspecified atom stereocenters. The van der Waals surface area contributed by atoms with E-state index in [0.717, 1.165) is 19.0 Å². The molecule has 0 aromatic carbocycles. The Morgan fingerprint density at radius 2 is 2.00 bits per heavy atom. The Bertz CT molecular complexity index is 291. The second-order valence-corrected chi connectivity index (χ2v) is 6.54. The van der Waals surface area contributed by atoms with Crippen LogP contribution in [0.25, 0.3) is 0 Å². The molecular weight excluding hydrogens is 228 g/mol. The number of ether oxygens (including phenoxy) is 1. The van der Waals surface area contributed by atoms with Crippen LogP contribution < -0.4 is 5.32 Å². The molecule has 104 valence electrons. The molecule has 0 spiro atoms. The number of hydrogen-bond acceptors (Lipinski definition) is 4. The van der Waals surface area contributed by atoms with Gasteiger partial charge in [0.15, 0.2) is 0 Å². The molecule has 3 saturated heterocycles. The van der Waals surface area contributed by atoms with Crippen LogP contribution in [0.1, 0.15) is 40.0 Å². The highest BCUT2D eigenvalue weighted by Crippen LogP contribution is 2.27. The zero-order valence-corrected chi connectivity index (χ0v) is 11.9. The van der Waals surface area contributed by atoms with E-state index < -0.39 is 0 Å². The Labute approximate surface area is 110 Å². The average Bonchev–Trinajstić information content (AvgIpc) is 2.28. The summed E-state index contributed by atoms with van der Waals surface area (Å²) in [5.74, 6) is 0.713. The molecule has 3 aliphatic rings. The highest BCUT2D eigenvalue weighted by Gasteiger charge is 2.33. The molecule has 4 heteroatoms. The van der Waals surface area contributed by atoms with Gasteiger partial charge in [-0.15, -0.1) is 0 Å². The van der Waals surface area contributed by atoms with Crippen molar-refractivity contribution in [2.75, 3.05) is 26.2 Å². The summed E-state index contributed by atoms with van der Waals surface area (Å²) in [5, 5.41) is 3.53. The molecule has 0 saturated carbocycles. The molecule has 3 fully saturated rings. The lowest BCUT2D eigenvalue weighted by molar-refractivity contribution is -0.154. The molecule has 1 N–H and O–H groups in total. The van der Waals surface area contributed by atoms with Gasteiger partial charge in [0.05, 0.1) is 6.42 Å². The van der Waals surface area contributed by atoms with E-state index in [-0.39, 0.29) is 11.6 Å². The molecule has 0 amide bonds. The monoisotopic (exact) mass is 254 g/mol. The van der Waals surface area contributed by atoms with Crippen LogP contribution in [0.15, 0.2) is 0 Å². The quantitative estimate of drug-likeness (QED) is 0.770. The van der Waals surface area contributed by atoms with Crippen LogP contribution in [0.3, 0.4) is 0 Å². The molecule has 2 bridgehead atoms. The van der Waals surface area contributed by atoms with Crippen LogP contribution in [0.5, 0.6) is 0 Å². The second kappa shape index (κ2) is 5.57. The van der Waals surface area contributed by atoms with Crippen LogP contribution in [-0.2, 0) is 9.53 Å². The number of esters is 1. The van der Waals surface area contributed by atoms with E-state index in [0.29, 0.717) is 12.5 Å². The first-order valence-electron chi connectivity index (χ1n) is 7.11. The highest BCUT2D eigenvalue weighted by molar-refractivity contribution is 5.70. The number of nitrogens with one attached hydrogen (secondary N) is 1. The summed E-state index contributed by atoms with van der Waals surface area (Å²) in [6.07, 6.45) is 3.09. The van der Waals surface area contributed by atoms with E-state index in [2.05, 4.69) is 10.2 Å². The Kier molecular flexibility index (Phi) is 4.28. The fourth-order valence-corrected chi connectivity index (χ4v) is 2.95. The lowest BCUT2D eigenvalue weighted by Crippen LogP contribution is -2.56. The number of rotatable bonds is 4. The summed E-state index contributed by atoms with van der Waals surface area (Å²) in [6.45, 7) is 10.1. The predicted molar refractivity (Wildman–Crippen MR) is 71.4 cm³/mol. The van der Waals surface area contributed by atoms with Gasteiger partial charge < -0.3 is 15.0 Å². The third-order valence-electron chi connectivity index (χ3n) is 3.81. The molecule has 0 radical (unpaired) electrons. The first-order chi connectivity index (χ1) is 8.44. The Balaban J connectivity index is 1.65. The smallest absolute Gasteiger partial charge is 0.307 e. The van der Waals surface area contributed by atoms with E-state index in [4.69, 9.17) is 4.74 Å². The van der Waals surface area contributed by atoms with E-state index in [9.17, 15) is 4.79 Å². The summed E-state index contributed by atoms with van der Waals surface area (Å²) in [7, 11) is 0. The van der Waals surface area contributed by atoms with Gasteiger partial charge in [0.2, 0.25) is 0 Å². The Morgan fingerprint density at radius 1 is 1.33 bits per heavy atom. The minimum Gasteiger partial charge on any atom is -0.460 e. The van der Waals surface area contributed by atoms with Gasteiger partial charge in [0.25, 0.3) is 0 Å². The van der Waals surface area contributed by atoms with E-state index in [1.165, 1.54) is 25.9 Å². The summed E-state index contributed by atoms with van der Waals surface area (Å²) >= 11 is 0. The average molecular weight is 254 g/mol. The highest BCUT2D eigenvalue weighted by atomic mass is 16.6. The van der Waals surface area contributed by atoms with Gasteiger partial charge in [0.1, 0.15) is 5.60 Å². The zero-order valence-electron chi connectivity index (χ0n) is 11.9. The minimum atomic E-state index is -0.368. The summed E-state index contributed by atoms with van der Waals surface area (Å²) in [4.78, 5) is 14.1. The van der Waals surface area contributed by atoms with Gasteiger partial charge in [-0.25, -0.2) is 0 Å². The van der Waals surface area contributed by atoms with Crippen LogP contribution in [0.2, 0.25) is 0 Å². The van der Waals surface area contributed by atoms with Gasteiger partial charge in [-0.3, -0.25) is 4.79 Å². The fourth-order valence-electron chi connectivity index (χ4n) is 2.95. The van der Waals surface area contributed by atoms with Crippen molar-refractivity contribution in [1.29, 1.82) is 0 Å². The lowest BCUT2D eigenvalue weighted by Gasteiger charge is -2.45. The molecule has 0 aromatic rings. The van der Waals surface area contributed by atoms with Crippen LogP contribution in [-0.4, -0.2) is 48.7 Å². The number of fused-ring (bicyclic) bond motifs is 3. The number of carbonyl (C=O) groups is 1. The topological polar surface area (TPSA) is 41.6 Å². The molecule has 0 aromatic heterocycles. The number of hydrogen-bond donors (Lipinski definition) is 1. The van der Waals surface area contributed by atoms with Crippen molar-refractivity contribution in [3.8, 4) is 0 Å². The van der Waals surface area contributed by atoms with Crippen LogP contribution >= 0.6 is 0 Å². The van der Waals surface area contributed by atoms with Crippen molar-refractivity contribution in [3.05, 3.63) is 0 Å². The van der Waals surface area contributed by atoms with Crippen molar-refractivity contribution in [2.45, 2.75) is 51.7 Å². The minimum absolute atomic E-state index is 0.101. The predicted octanol–water partition coefficient (Wildman–Crippen LogP) is 1.40. The molecule has 4 nitrogen and oxygen atoms in total. The SMILES string of the molecule is CC(C)(C)OC(=O)CCNC1CN2CCC1CC2. The molecule has 3 aliphatic heterocycles. The third kappa shape index (κ3) is 3.95. The molecule has 3 rings (SSSR count). The summed E-state index contributed by atoms with van der Waals surface area (Å²) in [5.41, 5.74) is -0.368. The van der Waals surface area contributed by atoms with Gasteiger partial charge in [-0.05, 0) is 52.6 Å². The number of piperidine rings is 3. The molecule has 0 aliphatic carbocycles. The lowest BCUT2D eigenvalue weighted by atomic mass is 9.84. The van der Waals surface area contributed by atoms with Gasteiger partial charge >= 0.3 is 5.97 Å². The van der Waals surface area contributed by atoms with Crippen molar-refractivity contribution in [1.82, 2.24) is 10.2 Å². The van der Waals surface area contributed by atoms with Crippen LogP contribution in [0, 0.1) is 5.92 Å². The molecule has 1 atom stereocenters. The van der Waals surface area contributed by atoms with Crippen molar-refractivity contribution in [3.63, 3.8) is 0 Å². The zero-order chi connectivity index (χ0) is 13.2. The number of nitrogens with zero attached hydrogens (tertiary/aromatic N) is 1. The maximum atomic E-state index is 11.6. The van der Waals surface area contributed by atoms with Gasteiger partial charge in [0, 0.05) is 19.1 Å². The van der Waals surface area contributed by atoms with Gasteiger partial charge in [-0.1, -0.05) is 0 Å². The van der Waals surface area contributed by atoms with Crippen molar-refractivity contribution < 1.29 is 9.53 Å². The van der Waals surface area contributed by atoms with Gasteiger partial charge in [-0.2, -0.15) is 0 Å². The van der Waals surface area contributed by atoms with E-state index in [1.807, 2.05) is 20.8 Å². The summed E-state index contributed by atoms with van der Waals surface area (Å²) < 4.78 is 5.30. The van der Waals surface area contributed by atoms with E-state index in [1.54, 1.807) is 0 Å². The maximum Gasteiger partial charge on any atom is 0.307 e. The normalized spacial score (nSPS) is 31.4. The molecule has 3 heterocycles. The van der Waals surface area contributed by atoms with Crippen molar-refractivity contribution in [2.24, 2.45) is 5.92 Å². The van der Waals surface area contributed by atoms with Crippen LogP contribution in [0.4, 0.5) is 0 Å². The first kappa shape index (κ1) is 13.8. The molecule has 18 heavy (non-hydrogen) atoms. The first-order valence-corrected chi connectivity index (χ1v) is 7.11. The Hall–Kier alpha value is -0.610. The summed E-state index contributed by atoms with van der Waals surface area (Å²) in [6, 6.07) is 0.579. The number of carbonyl (C=O) groups excluding carboxylic acids is 1. The largest absolute Gasteiger partial charge is 0.460 e. The standard InChI is InChI=1S/C14H26N2O2/c1-14(2,3)18-13(17)4-7-15-12-10-16-8-5-11(12)6-9-16/h11-12,15H,4-10H2,1-3H3. The maximum absolute atomic E-state index is 11.6. The van der Waals surface area contributed by atoms with Crippen molar-refractivity contribution >= 4 is 5.97 Å². The third-order valence-corrected chi connectivity index (χ3v) is 3.81. The second-order valence-electron chi connectivity index (χ2n) is 6.54. The fraction of sp³-hybridized carbons (Fsp3) is 0.929. The van der Waals surface area contributed by atoms with E-state index >= 15 is 0 Å². The molecular formula is C14H26N2O2. The Morgan fingerprint density at radius 3 is 2.50 bits per heavy atom.